The number of hydrogen-bond acceptors (Lipinski definition) is 4. The molecule has 2 amide bonds. The molecule has 0 radical (unpaired) electrons. The van der Waals surface area contributed by atoms with Gasteiger partial charge < -0.3 is 15.5 Å². The van der Waals surface area contributed by atoms with Gasteiger partial charge >= 0.3 is 0 Å². The second-order valence-corrected chi connectivity index (χ2v) is 6.70. The van der Waals surface area contributed by atoms with Crippen LogP contribution in [0, 0.1) is 6.92 Å². The minimum atomic E-state index is -0.239. The van der Waals surface area contributed by atoms with Gasteiger partial charge in [0, 0.05) is 38.3 Å². The van der Waals surface area contributed by atoms with Crippen LogP contribution in [0.1, 0.15) is 34.6 Å². The Morgan fingerprint density at radius 2 is 2.04 bits per heavy atom. The third kappa shape index (κ3) is 4.49. The highest BCUT2D eigenvalue weighted by molar-refractivity contribution is 5.94. The lowest BCUT2D eigenvalue weighted by molar-refractivity contribution is -0.116. The van der Waals surface area contributed by atoms with Crippen molar-refractivity contribution in [2.24, 2.45) is 0 Å². The molecule has 0 bridgehead atoms. The predicted molar refractivity (Wildman–Crippen MR) is 99.9 cm³/mol. The lowest BCUT2D eigenvalue weighted by atomic mass is 10.2. The van der Waals surface area contributed by atoms with E-state index in [-0.39, 0.29) is 24.8 Å². The van der Waals surface area contributed by atoms with Gasteiger partial charge in [0.15, 0.2) is 0 Å². The van der Waals surface area contributed by atoms with Crippen molar-refractivity contribution in [2.75, 3.05) is 25.5 Å². The van der Waals surface area contributed by atoms with Crippen molar-refractivity contribution >= 4 is 17.5 Å². The normalized spacial score (nSPS) is 14.4. The summed E-state index contributed by atoms with van der Waals surface area (Å²) in [6.07, 6.45) is 1.24. The van der Waals surface area contributed by atoms with Crippen LogP contribution in [-0.4, -0.2) is 46.6 Å². The Labute approximate surface area is 153 Å². The molecule has 26 heavy (non-hydrogen) atoms. The van der Waals surface area contributed by atoms with Crippen molar-refractivity contribution in [3.63, 3.8) is 0 Å². The van der Waals surface area contributed by atoms with Crippen LogP contribution >= 0.6 is 0 Å². The molecule has 0 saturated carbocycles. The van der Waals surface area contributed by atoms with Crippen LogP contribution in [0.15, 0.2) is 30.3 Å². The number of para-hydroxylation sites is 1. The van der Waals surface area contributed by atoms with Crippen molar-refractivity contribution < 1.29 is 9.59 Å². The molecule has 138 valence electrons. The first-order chi connectivity index (χ1) is 12.5. The lowest BCUT2D eigenvalue weighted by Gasteiger charge is -2.10. The van der Waals surface area contributed by atoms with Gasteiger partial charge in [-0.25, -0.2) is 0 Å². The number of carbonyl (C=O) groups is 2. The fourth-order valence-corrected chi connectivity index (χ4v) is 3.04. The van der Waals surface area contributed by atoms with E-state index in [0.29, 0.717) is 5.69 Å². The number of benzene rings is 1. The third-order valence-corrected chi connectivity index (χ3v) is 4.49. The monoisotopic (exact) mass is 355 g/mol. The van der Waals surface area contributed by atoms with E-state index < -0.39 is 0 Å². The molecule has 0 atom stereocenters. The molecule has 1 aliphatic rings. The van der Waals surface area contributed by atoms with Gasteiger partial charge in [-0.05, 0) is 38.1 Å². The number of carbonyl (C=O) groups excluding carboxylic acids is 2. The van der Waals surface area contributed by atoms with E-state index in [0.717, 1.165) is 43.0 Å². The molecule has 0 saturated heterocycles. The van der Waals surface area contributed by atoms with Crippen LogP contribution in [0.25, 0.3) is 0 Å². The largest absolute Gasteiger partial charge is 0.350 e. The van der Waals surface area contributed by atoms with Crippen LogP contribution in [0.3, 0.4) is 0 Å². The van der Waals surface area contributed by atoms with Crippen LogP contribution in [0.2, 0.25) is 0 Å². The van der Waals surface area contributed by atoms with Crippen LogP contribution < -0.4 is 10.6 Å². The molecular weight excluding hydrogens is 330 g/mol. The quantitative estimate of drug-likeness (QED) is 0.857. The Hall–Kier alpha value is -2.67. The van der Waals surface area contributed by atoms with E-state index >= 15 is 0 Å². The molecule has 0 aliphatic carbocycles. The van der Waals surface area contributed by atoms with Crippen LogP contribution in [0.4, 0.5) is 5.69 Å². The predicted octanol–water partition coefficient (Wildman–Crippen LogP) is 1.79. The first kappa shape index (κ1) is 18.1. The second kappa shape index (κ2) is 8.14. The maximum atomic E-state index is 12.3. The lowest BCUT2D eigenvalue weighted by Crippen LogP contribution is -2.28. The number of anilines is 1. The Morgan fingerprint density at radius 1 is 1.23 bits per heavy atom. The van der Waals surface area contributed by atoms with Gasteiger partial charge in [0.2, 0.25) is 5.91 Å². The minimum Gasteiger partial charge on any atom is -0.350 e. The topological polar surface area (TPSA) is 79.3 Å². The van der Waals surface area contributed by atoms with E-state index in [1.165, 1.54) is 0 Å². The van der Waals surface area contributed by atoms with Gasteiger partial charge in [0.1, 0.15) is 5.69 Å². The Kier molecular flexibility index (Phi) is 5.68. The van der Waals surface area contributed by atoms with Crippen LogP contribution in [0.5, 0.6) is 0 Å². The number of fused-ring (bicyclic) bond motifs is 1. The van der Waals surface area contributed by atoms with Crippen molar-refractivity contribution in [3.05, 3.63) is 47.3 Å². The van der Waals surface area contributed by atoms with E-state index in [1.807, 2.05) is 41.9 Å². The SMILES string of the molecule is Cc1ccccc1NC(=O)CCNC(=O)c1cc2n(n1)CCCN(C)C2. The number of rotatable bonds is 5. The summed E-state index contributed by atoms with van der Waals surface area (Å²) >= 11 is 0. The van der Waals surface area contributed by atoms with Gasteiger partial charge in [0.25, 0.3) is 5.91 Å². The number of aromatic nitrogens is 2. The highest BCUT2D eigenvalue weighted by Crippen LogP contribution is 2.14. The first-order valence-electron chi connectivity index (χ1n) is 8.92. The zero-order valence-corrected chi connectivity index (χ0v) is 15.3. The molecule has 0 spiro atoms. The molecule has 0 fully saturated rings. The fraction of sp³-hybridized carbons (Fsp3) is 0.421. The van der Waals surface area contributed by atoms with Crippen molar-refractivity contribution in [2.45, 2.75) is 32.9 Å². The van der Waals surface area contributed by atoms with E-state index in [4.69, 9.17) is 0 Å². The molecule has 2 N–H and O–H groups in total. The van der Waals surface area contributed by atoms with Crippen molar-refractivity contribution in [1.29, 1.82) is 0 Å². The molecule has 1 aromatic carbocycles. The van der Waals surface area contributed by atoms with Crippen molar-refractivity contribution in [3.8, 4) is 0 Å². The summed E-state index contributed by atoms with van der Waals surface area (Å²) in [7, 11) is 2.06. The third-order valence-electron chi connectivity index (χ3n) is 4.49. The van der Waals surface area contributed by atoms with E-state index in [1.54, 1.807) is 0 Å². The molecule has 2 heterocycles. The highest BCUT2D eigenvalue weighted by Gasteiger charge is 2.17. The summed E-state index contributed by atoms with van der Waals surface area (Å²) in [5.41, 5.74) is 3.27. The highest BCUT2D eigenvalue weighted by atomic mass is 16.2. The van der Waals surface area contributed by atoms with Gasteiger partial charge in [-0.15, -0.1) is 0 Å². The Balaban J connectivity index is 1.49. The summed E-state index contributed by atoms with van der Waals surface area (Å²) in [6.45, 7) is 4.86. The summed E-state index contributed by atoms with van der Waals surface area (Å²) in [5, 5.41) is 10.0. The molecule has 7 nitrogen and oxygen atoms in total. The second-order valence-electron chi connectivity index (χ2n) is 6.70. The fourth-order valence-electron chi connectivity index (χ4n) is 3.04. The van der Waals surface area contributed by atoms with Gasteiger partial charge in [-0.2, -0.15) is 5.10 Å². The molecular formula is C19H25N5O2. The van der Waals surface area contributed by atoms with E-state index in [2.05, 4.69) is 27.7 Å². The maximum Gasteiger partial charge on any atom is 0.271 e. The number of nitrogens with zero attached hydrogens (tertiary/aromatic N) is 3. The van der Waals surface area contributed by atoms with Crippen molar-refractivity contribution in [1.82, 2.24) is 20.0 Å². The van der Waals surface area contributed by atoms with Gasteiger partial charge in [0.05, 0.1) is 5.69 Å². The van der Waals surface area contributed by atoms with Crippen LogP contribution in [-0.2, 0) is 17.9 Å². The molecule has 2 aromatic rings. The number of nitrogens with one attached hydrogen (secondary N) is 2. The summed E-state index contributed by atoms with van der Waals surface area (Å²) in [4.78, 5) is 26.5. The molecule has 1 aromatic heterocycles. The van der Waals surface area contributed by atoms with E-state index in [9.17, 15) is 9.59 Å². The standard InChI is InChI=1S/C19H25N5O2/c1-14-6-3-4-7-16(14)21-18(25)8-9-20-19(26)17-12-15-13-23(2)10-5-11-24(15)22-17/h3-4,6-7,12H,5,8-11,13H2,1-2H3,(H,20,26)(H,21,25). The Bertz CT molecular complexity index is 799. The summed E-state index contributed by atoms with van der Waals surface area (Å²) in [5.74, 6) is -0.362. The molecule has 0 unspecified atom stereocenters. The molecule has 1 aliphatic heterocycles. The summed E-state index contributed by atoms with van der Waals surface area (Å²) in [6, 6.07) is 9.45. The number of hydrogen-bond donors (Lipinski definition) is 2. The average molecular weight is 355 g/mol. The zero-order valence-electron chi connectivity index (χ0n) is 15.3. The number of aryl methyl sites for hydroxylation is 2. The van der Waals surface area contributed by atoms with Gasteiger partial charge in [-0.3, -0.25) is 14.3 Å². The van der Waals surface area contributed by atoms with Gasteiger partial charge in [-0.1, -0.05) is 18.2 Å². The maximum absolute atomic E-state index is 12.3. The average Bonchev–Trinajstić information content (AvgIpc) is 2.91. The minimum absolute atomic E-state index is 0.123. The zero-order chi connectivity index (χ0) is 18.5. The molecule has 3 rings (SSSR count). The number of amides is 2. The summed E-state index contributed by atoms with van der Waals surface area (Å²) < 4.78 is 1.91. The molecule has 7 heteroatoms. The first-order valence-corrected chi connectivity index (χ1v) is 8.92. The Morgan fingerprint density at radius 3 is 2.85 bits per heavy atom. The smallest absolute Gasteiger partial charge is 0.271 e.